The van der Waals surface area contributed by atoms with Crippen LogP contribution in [0.5, 0.6) is 0 Å². The minimum Gasteiger partial charge on any atom is -0.355 e. The summed E-state index contributed by atoms with van der Waals surface area (Å²) in [6.45, 7) is 7.67. The second kappa shape index (κ2) is 7.30. The molecule has 0 amide bonds. The zero-order valence-electron chi connectivity index (χ0n) is 15.6. The van der Waals surface area contributed by atoms with Gasteiger partial charge < -0.3 is 14.6 Å². The predicted molar refractivity (Wildman–Crippen MR) is 102 cm³/mol. The maximum atomic E-state index is 12.3. The van der Waals surface area contributed by atoms with E-state index in [9.17, 15) is 4.79 Å². The Hall–Kier alpha value is -2.66. The van der Waals surface area contributed by atoms with Gasteiger partial charge in [-0.1, -0.05) is 36.3 Å². The highest BCUT2D eigenvalue weighted by molar-refractivity contribution is 6.01. The van der Waals surface area contributed by atoms with Crippen molar-refractivity contribution in [3.63, 3.8) is 0 Å². The van der Waals surface area contributed by atoms with Crippen molar-refractivity contribution in [3.8, 4) is 0 Å². The second-order valence-corrected chi connectivity index (χ2v) is 6.68. The van der Waals surface area contributed by atoms with Gasteiger partial charge in [-0.3, -0.25) is 4.79 Å². The number of hydrogen-bond acceptors (Lipinski definition) is 5. The fourth-order valence-corrected chi connectivity index (χ4v) is 3.13. The molecule has 0 saturated carbocycles. The number of ketones is 1. The Kier molecular flexibility index (Phi) is 5.09. The highest BCUT2D eigenvalue weighted by atomic mass is 16.5. The topological polar surface area (TPSA) is 64.4 Å². The summed E-state index contributed by atoms with van der Waals surface area (Å²) in [6, 6.07) is 15.2. The summed E-state index contributed by atoms with van der Waals surface area (Å²) in [5, 5.41) is 8.41. The number of Topliss-reactive ketones (excluding diaryl/α,β-unsaturated/α-hetero) is 1. The molecular weight excluding hydrogens is 328 g/mol. The van der Waals surface area contributed by atoms with Gasteiger partial charge >= 0.3 is 0 Å². The highest BCUT2D eigenvalue weighted by Gasteiger charge is 2.36. The van der Waals surface area contributed by atoms with E-state index in [0.29, 0.717) is 23.4 Å². The Balaban J connectivity index is 2.09. The van der Waals surface area contributed by atoms with Crippen LogP contribution in [-0.2, 0) is 10.5 Å². The van der Waals surface area contributed by atoms with Crippen molar-refractivity contribution >= 4 is 22.4 Å². The molecule has 0 unspecified atom stereocenters. The van der Waals surface area contributed by atoms with Gasteiger partial charge in [0.15, 0.2) is 17.3 Å². The number of benzene rings is 2. The number of para-hydroxylation sites is 1. The SMILES string of the molecule is CCC(=O)c1ccccc1N[C@](C)(OC(C)C)c1onc2ccccc12. The summed E-state index contributed by atoms with van der Waals surface area (Å²) in [7, 11) is 0. The van der Waals surface area contributed by atoms with Crippen molar-refractivity contribution in [2.75, 3.05) is 5.32 Å². The van der Waals surface area contributed by atoms with E-state index in [-0.39, 0.29) is 11.9 Å². The van der Waals surface area contributed by atoms with Crippen LogP contribution in [0.25, 0.3) is 10.9 Å². The first kappa shape index (κ1) is 18.1. The van der Waals surface area contributed by atoms with Gasteiger partial charge in [-0.15, -0.1) is 0 Å². The lowest BCUT2D eigenvalue weighted by molar-refractivity contribution is -0.0671. The zero-order valence-corrected chi connectivity index (χ0v) is 15.6. The van der Waals surface area contributed by atoms with E-state index < -0.39 is 5.72 Å². The minimum absolute atomic E-state index is 0.0644. The van der Waals surface area contributed by atoms with Crippen LogP contribution < -0.4 is 5.32 Å². The van der Waals surface area contributed by atoms with E-state index in [0.717, 1.165) is 10.9 Å². The molecule has 1 atom stereocenters. The van der Waals surface area contributed by atoms with Gasteiger partial charge in [0.2, 0.25) is 0 Å². The van der Waals surface area contributed by atoms with E-state index in [2.05, 4.69) is 10.5 Å². The number of rotatable bonds is 7. The molecule has 0 aliphatic rings. The van der Waals surface area contributed by atoms with Crippen LogP contribution in [0.15, 0.2) is 53.1 Å². The standard InChI is InChI=1S/C21H24N2O3/c1-5-19(24)15-10-6-8-12-17(15)22-21(4,25-14(2)3)20-16-11-7-9-13-18(16)23-26-20/h6-14,22H,5H2,1-4H3/t21-/m1/s1. The molecule has 3 aromatic rings. The normalized spacial score (nSPS) is 13.7. The van der Waals surface area contributed by atoms with Crippen LogP contribution in [0, 0.1) is 0 Å². The number of fused-ring (bicyclic) bond motifs is 1. The van der Waals surface area contributed by atoms with E-state index in [1.165, 1.54) is 0 Å². The van der Waals surface area contributed by atoms with Crippen molar-refractivity contribution in [3.05, 3.63) is 59.9 Å². The van der Waals surface area contributed by atoms with Crippen molar-refractivity contribution in [1.82, 2.24) is 5.16 Å². The number of hydrogen-bond donors (Lipinski definition) is 1. The van der Waals surface area contributed by atoms with Crippen LogP contribution in [0.2, 0.25) is 0 Å². The molecule has 5 nitrogen and oxygen atoms in total. The number of anilines is 1. The molecule has 0 radical (unpaired) electrons. The summed E-state index contributed by atoms with van der Waals surface area (Å²) >= 11 is 0. The molecule has 1 heterocycles. The van der Waals surface area contributed by atoms with E-state index in [1.54, 1.807) is 0 Å². The van der Waals surface area contributed by atoms with Crippen LogP contribution in [0.3, 0.4) is 0 Å². The first-order valence-electron chi connectivity index (χ1n) is 8.87. The molecular formula is C21H24N2O3. The number of carbonyl (C=O) groups is 1. The average Bonchev–Trinajstić information content (AvgIpc) is 3.05. The Morgan fingerprint density at radius 2 is 1.88 bits per heavy atom. The monoisotopic (exact) mass is 352 g/mol. The molecule has 3 rings (SSSR count). The van der Waals surface area contributed by atoms with Crippen LogP contribution in [0.4, 0.5) is 5.69 Å². The molecule has 0 aliphatic heterocycles. The third-order valence-electron chi connectivity index (χ3n) is 4.21. The largest absolute Gasteiger partial charge is 0.355 e. The zero-order chi connectivity index (χ0) is 18.7. The van der Waals surface area contributed by atoms with Gasteiger partial charge in [0.1, 0.15) is 5.52 Å². The maximum Gasteiger partial charge on any atom is 0.198 e. The second-order valence-electron chi connectivity index (χ2n) is 6.68. The van der Waals surface area contributed by atoms with Gasteiger partial charge in [0, 0.05) is 23.1 Å². The quantitative estimate of drug-likeness (QED) is 0.472. The van der Waals surface area contributed by atoms with Crippen molar-refractivity contribution in [2.45, 2.75) is 45.9 Å². The molecule has 0 saturated heterocycles. The Bertz CT molecular complexity index is 916. The molecule has 5 heteroatoms. The van der Waals surface area contributed by atoms with E-state index in [1.807, 2.05) is 76.2 Å². The Morgan fingerprint density at radius 1 is 1.19 bits per heavy atom. The molecule has 0 bridgehead atoms. The number of carbonyl (C=O) groups excluding carboxylic acids is 1. The molecule has 26 heavy (non-hydrogen) atoms. The number of ether oxygens (including phenoxy) is 1. The average molecular weight is 352 g/mol. The van der Waals surface area contributed by atoms with Gasteiger partial charge in [0.05, 0.1) is 6.10 Å². The van der Waals surface area contributed by atoms with Crippen LogP contribution in [0.1, 0.15) is 50.2 Å². The summed E-state index contributed by atoms with van der Waals surface area (Å²) in [4.78, 5) is 12.3. The Labute approximate surface area is 153 Å². The van der Waals surface area contributed by atoms with Gasteiger partial charge in [-0.2, -0.15) is 0 Å². The lowest BCUT2D eigenvalue weighted by Gasteiger charge is -2.32. The summed E-state index contributed by atoms with van der Waals surface area (Å²) in [5.74, 6) is 0.656. The van der Waals surface area contributed by atoms with Crippen molar-refractivity contribution in [1.29, 1.82) is 0 Å². The summed E-state index contributed by atoms with van der Waals surface area (Å²) in [6.07, 6.45) is 0.372. The number of aromatic nitrogens is 1. The molecule has 0 fully saturated rings. The molecule has 136 valence electrons. The first-order chi connectivity index (χ1) is 12.4. The molecule has 2 aromatic carbocycles. The maximum absolute atomic E-state index is 12.3. The Morgan fingerprint density at radius 3 is 2.62 bits per heavy atom. The molecule has 1 aromatic heterocycles. The highest BCUT2D eigenvalue weighted by Crippen LogP contribution is 2.35. The van der Waals surface area contributed by atoms with Crippen LogP contribution in [-0.4, -0.2) is 17.0 Å². The smallest absolute Gasteiger partial charge is 0.198 e. The lowest BCUT2D eigenvalue weighted by Crippen LogP contribution is -2.37. The number of nitrogens with zero attached hydrogens (tertiary/aromatic N) is 1. The first-order valence-corrected chi connectivity index (χ1v) is 8.87. The molecule has 0 spiro atoms. The third kappa shape index (κ3) is 3.48. The lowest BCUT2D eigenvalue weighted by atomic mass is 10.0. The molecule has 1 N–H and O–H groups in total. The van der Waals surface area contributed by atoms with Gasteiger partial charge in [0.25, 0.3) is 0 Å². The minimum atomic E-state index is -0.978. The van der Waals surface area contributed by atoms with Crippen LogP contribution >= 0.6 is 0 Å². The predicted octanol–water partition coefficient (Wildman–Crippen LogP) is 5.13. The van der Waals surface area contributed by atoms with Crippen molar-refractivity contribution < 1.29 is 14.1 Å². The van der Waals surface area contributed by atoms with Gasteiger partial charge in [-0.25, -0.2) is 0 Å². The van der Waals surface area contributed by atoms with Crippen molar-refractivity contribution in [2.24, 2.45) is 0 Å². The molecule has 0 aliphatic carbocycles. The fourth-order valence-electron chi connectivity index (χ4n) is 3.13. The third-order valence-corrected chi connectivity index (χ3v) is 4.21. The van der Waals surface area contributed by atoms with E-state index >= 15 is 0 Å². The number of nitrogens with one attached hydrogen (secondary N) is 1. The van der Waals surface area contributed by atoms with Gasteiger partial charge in [-0.05, 0) is 45.0 Å². The summed E-state index contributed by atoms with van der Waals surface area (Å²) < 4.78 is 11.9. The van der Waals surface area contributed by atoms with E-state index in [4.69, 9.17) is 9.26 Å². The summed E-state index contributed by atoms with van der Waals surface area (Å²) in [5.41, 5.74) is 1.13. The fraction of sp³-hybridized carbons (Fsp3) is 0.333.